The van der Waals surface area contributed by atoms with Crippen molar-refractivity contribution in [3.8, 4) is 0 Å². The maximum atomic E-state index is 14.0. The number of benzene rings is 4. The number of imide groups is 1. The van der Waals surface area contributed by atoms with Crippen molar-refractivity contribution in [2.24, 2.45) is 0 Å². The fourth-order valence-electron chi connectivity index (χ4n) is 9.83. The molecule has 410 valence electrons. The van der Waals surface area contributed by atoms with Crippen LogP contribution in [0, 0.1) is 11.6 Å². The Labute approximate surface area is 444 Å². The number of anilines is 4. The number of halogens is 2. The topological polar surface area (TPSA) is 227 Å². The van der Waals surface area contributed by atoms with E-state index in [9.17, 15) is 32.8 Å². The van der Waals surface area contributed by atoms with E-state index in [1.165, 1.54) is 17.0 Å². The zero-order valence-corrected chi connectivity index (χ0v) is 42.9. The molecular weight excluding hydrogens is 1000 g/mol. The third-order valence-corrected chi connectivity index (χ3v) is 13.9. The molecule has 5 aromatic rings. The fourth-order valence-corrected chi connectivity index (χ4v) is 9.83. The number of nitrogens with zero attached hydrogens (tertiary/aromatic N) is 4. The van der Waals surface area contributed by atoms with E-state index >= 15 is 0 Å². The molecule has 0 spiro atoms. The standard InChI is InChI=1S/C55H65F2N9O11/c56-38-29-37(30-39(57)32-38)28-36-4-8-46-45(31-36)52(63-62-46)61-53(69)43-7-5-41(33-48(43)60-40-10-18-72-19-11-40)64-14-16-65(17-15-64)50(68)12-20-73-22-24-75-26-27-76-25-23-74-21-13-58-47-3-1-2-44-51(47)55(71)66(54(44)70)42-6-9-49(67)59-35-77-34-42/h1-5,7-8,29-33,40,42,58,60H,6,9-28,34-35H2,(H,59,67)(H2,61,62,63,69). The van der Waals surface area contributed by atoms with Gasteiger partial charge in [-0.25, -0.2) is 8.78 Å². The first-order valence-electron chi connectivity index (χ1n) is 26.2. The Kier molecular flexibility index (Phi) is 19.0. The molecule has 0 aliphatic carbocycles. The van der Waals surface area contributed by atoms with E-state index in [-0.39, 0.29) is 56.5 Å². The van der Waals surface area contributed by atoms with Crippen molar-refractivity contribution in [3.05, 3.63) is 112 Å². The summed E-state index contributed by atoms with van der Waals surface area (Å²) < 4.78 is 61.5. The van der Waals surface area contributed by atoms with Crippen molar-refractivity contribution >= 4 is 63.3 Å². The number of rotatable bonds is 24. The van der Waals surface area contributed by atoms with Crippen molar-refractivity contribution in [1.29, 1.82) is 0 Å². The number of amides is 5. The number of nitrogens with one attached hydrogen (secondary N) is 5. The van der Waals surface area contributed by atoms with E-state index in [0.717, 1.165) is 30.2 Å². The van der Waals surface area contributed by atoms with Gasteiger partial charge in [-0.1, -0.05) is 12.1 Å². The van der Waals surface area contributed by atoms with Gasteiger partial charge in [-0.05, 0) is 91.4 Å². The largest absolute Gasteiger partial charge is 0.382 e. The van der Waals surface area contributed by atoms with Crippen LogP contribution in [0.15, 0.2) is 72.8 Å². The Bertz CT molecular complexity index is 2850. The summed E-state index contributed by atoms with van der Waals surface area (Å²) in [6.07, 6.45) is 2.65. The molecule has 5 heterocycles. The highest BCUT2D eigenvalue weighted by Crippen LogP contribution is 2.33. The van der Waals surface area contributed by atoms with Gasteiger partial charge in [0, 0.05) is 86.9 Å². The molecule has 9 rings (SSSR count). The minimum Gasteiger partial charge on any atom is -0.382 e. The average molecular weight is 1070 g/mol. The summed E-state index contributed by atoms with van der Waals surface area (Å²) in [4.78, 5) is 70.9. The molecule has 3 fully saturated rings. The van der Waals surface area contributed by atoms with Gasteiger partial charge in [-0.2, -0.15) is 5.10 Å². The molecule has 4 aromatic carbocycles. The molecular formula is C55H65F2N9O11. The molecule has 22 heteroatoms. The molecule has 4 aliphatic heterocycles. The van der Waals surface area contributed by atoms with E-state index < -0.39 is 29.5 Å². The smallest absolute Gasteiger partial charge is 0.263 e. The molecule has 5 amide bonds. The minimum atomic E-state index is -0.644. The SMILES string of the molecule is O=C1CCC(N2C(=O)c3cccc(NCCOCCOCCOCCOCCC(=O)N4CCN(c5ccc(C(=O)Nc6n[nH]c7ccc(Cc8cc(F)cc(F)c8)cc67)c(NC6CCOCC6)c5)CC4)c3C2=O)COCN1. The number of fused-ring (bicyclic) bond motifs is 2. The second-order valence-corrected chi connectivity index (χ2v) is 19.1. The van der Waals surface area contributed by atoms with Gasteiger partial charge in [0.2, 0.25) is 11.8 Å². The highest BCUT2D eigenvalue weighted by molar-refractivity contribution is 6.24. The second kappa shape index (κ2) is 26.8. The molecule has 1 unspecified atom stereocenters. The van der Waals surface area contributed by atoms with Gasteiger partial charge in [0.25, 0.3) is 17.7 Å². The normalized spacial score (nSPS) is 17.3. The van der Waals surface area contributed by atoms with Crippen LogP contribution < -0.4 is 26.2 Å². The number of H-pyrrole nitrogens is 1. The average Bonchev–Trinajstić information content (AvgIpc) is 3.97. The van der Waals surface area contributed by atoms with Crippen LogP contribution in [0.3, 0.4) is 0 Å². The van der Waals surface area contributed by atoms with Gasteiger partial charge in [0.15, 0.2) is 5.82 Å². The van der Waals surface area contributed by atoms with Gasteiger partial charge >= 0.3 is 0 Å². The van der Waals surface area contributed by atoms with E-state index in [1.807, 2.05) is 35.2 Å². The van der Waals surface area contributed by atoms with Gasteiger partial charge in [0.05, 0.1) is 94.1 Å². The van der Waals surface area contributed by atoms with Gasteiger partial charge in [-0.15, -0.1) is 0 Å². The number of piperazine rings is 1. The Balaban J connectivity index is 0.641. The number of carbonyl (C=O) groups is 5. The molecule has 77 heavy (non-hydrogen) atoms. The van der Waals surface area contributed by atoms with Gasteiger partial charge in [0.1, 0.15) is 18.4 Å². The lowest BCUT2D eigenvalue weighted by molar-refractivity contribution is -0.132. The highest BCUT2D eigenvalue weighted by Gasteiger charge is 2.42. The van der Waals surface area contributed by atoms with Crippen molar-refractivity contribution in [2.45, 2.75) is 50.6 Å². The van der Waals surface area contributed by atoms with Crippen LogP contribution in [0.1, 0.15) is 74.3 Å². The summed E-state index contributed by atoms with van der Waals surface area (Å²) in [5, 5.41) is 20.4. The van der Waals surface area contributed by atoms with E-state index in [2.05, 4.69) is 36.4 Å². The first kappa shape index (κ1) is 54.7. The third kappa shape index (κ3) is 14.5. The third-order valence-electron chi connectivity index (χ3n) is 13.9. The maximum Gasteiger partial charge on any atom is 0.263 e. The lowest BCUT2D eigenvalue weighted by Gasteiger charge is -2.36. The van der Waals surface area contributed by atoms with Gasteiger partial charge in [-0.3, -0.25) is 34.0 Å². The molecule has 20 nitrogen and oxygen atoms in total. The molecule has 0 saturated carbocycles. The number of hydrogen-bond donors (Lipinski definition) is 5. The predicted molar refractivity (Wildman–Crippen MR) is 281 cm³/mol. The Hall–Kier alpha value is -7.08. The molecule has 5 N–H and O–H groups in total. The number of ether oxygens (including phenoxy) is 6. The molecule has 1 aromatic heterocycles. The van der Waals surface area contributed by atoms with Crippen LogP contribution in [0.2, 0.25) is 0 Å². The molecule has 0 bridgehead atoms. The minimum absolute atomic E-state index is 0.0170. The number of aromatic amines is 1. The predicted octanol–water partition coefficient (Wildman–Crippen LogP) is 5.34. The number of aromatic nitrogens is 2. The first-order valence-corrected chi connectivity index (χ1v) is 26.2. The molecule has 4 aliphatic rings. The first-order chi connectivity index (χ1) is 37.6. The van der Waals surface area contributed by atoms with Crippen LogP contribution in [-0.2, 0) is 44.4 Å². The summed E-state index contributed by atoms with van der Waals surface area (Å²) in [6, 6.07) is 19.4. The molecule has 0 radical (unpaired) electrons. The van der Waals surface area contributed by atoms with Crippen molar-refractivity contribution in [3.63, 3.8) is 0 Å². The van der Waals surface area contributed by atoms with Crippen LogP contribution >= 0.6 is 0 Å². The van der Waals surface area contributed by atoms with Gasteiger partial charge < -0.3 is 59.5 Å². The van der Waals surface area contributed by atoms with E-state index in [4.69, 9.17) is 28.4 Å². The lowest BCUT2D eigenvalue weighted by Crippen LogP contribution is -2.49. The fraction of sp³-hybridized carbons (Fsp3) is 0.455. The summed E-state index contributed by atoms with van der Waals surface area (Å²) in [5.41, 5.74) is 5.20. The van der Waals surface area contributed by atoms with Crippen molar-refractivity contribution < 1.29 is 61.2 Å². The second-order valence-electron chi connectivity index (χ2n) is 19.1. The summed E-state index contributed by atoms with van der Waals surface area (Å²) in [6.45, 7) is 6.91. The zero-order valence-electron chi connectivity index (χ0n) is 42.9. The summed E-state index contributed by atoms with van der Waals surface area (Å²) in [5.74, 6) is -2.28. The monoisotopic (exact) mass is 1070 g/mol. The van der Waals surface area contributed by atoms with Crippen molar-refractivity contribution in [1.82, 2.24) is 25.3 Å². The highest BCUT2D eigenvalue weighted by atomic mass is 19.1. The quantitative estimate of drug-likeness (QED) is 0.0388. The van der Waals surface area contributed by atoms with E-state index in [1.54, 1.807) is 24.3 Å². The zero-order chi connectivity index (χ0) is 53.5. The molecule has 1 atom stereocenters. The molecule has 3 saturated heterocycles. The Morgan fingerprint density at radius 1 is 0.740 bits per heavy atom. The van der Waals surface area contributed by atoms with Crippen LogP contribution in [0.25, 0.3) is 10.9 Å². The summed E-state index contributed by atoms with van der Waals surface area (Å²) in [7, 11) is 0. The van der Waals surface area contributed by atoms with Crippen molar-refractivity contribution in [2.75, 3.05) is 133 Å². The number of hydrogen-bond acceptors (Lipinski definition) is 15. The Morgan fingerprint density at radius 2 is 1.47 bits per heavy atom. The van der Waals surface area contributed by atoms with Crippen LogP contribution in [-0.4, -0.2) is 174 Å². The van der Waals surface area contributed by atoms with Crippen LogP contribution in [0.5, 0.6) is 0 Å². The number of carbonyl (C=O) groups excluding carboxylic acids is 5. The lowest BCUT2D eigenvalue weighted by atomic mass is 10.0. The van der Waals surface area contributed by atoms with Crippen LogP contribution in [0.4, 0.5) is 31.7 Å². The Morgan fingerprint density at radius 3 is 2.22 bits per heavy atom. The maximum absolute atomic E-state index is 14.0. The van der Waals surface area contributed by atoms with E-state index in [0.29, 0.717) is 155 Å². The summed E-state index contributed by atoms with van der Waals surface area (Å²) >= 11 is 0.